The normalized spacial score (nSPS) is 13.2. The van der Waals surface area contributed by atoms with Gasteiger partial charge >= 0.3 is 6.18 Å². The fourth-order valence-corrected chi connectivity index (χ4v) is 4.64. The molecule has 0 aliphatic carbocycles. The van der Waals surface area contributed by atoms with Crippen molar-refractivity contribution in [1.29, 1.82) is 0 Å². The summed E-state index contributed by atoms with van der Waals surface area (Å²) in [6, 6.07) is 19.0. The quantitative estimate of drug-likeness (QED) is 0.239. The lowest BCUT2D eigenvalue weighted by Crippen LogP contribution is -2.49. The largest absolute Gasteiger partial charge is 0.419 e. The van der Waals surface area contributed by atoms with Crippen molar-refractivity contribution in [1.82, 2.24) is 10.3 Å². The summed E-state index contributed by atoms with van der Waals surface area (Å²) in [5.74, 6) is -2.38. The number of rotatable bonds is 6. The van der Waals surface area contributed by atoms with Crippen LogP contribution in [0.3, 0.4) is 0 Å². The zero-order valence-corrected chi connectivity index (χ0v) is 21.1. The van der Waals surface area contributed by atoms with E-state index in [4.69, 9.17) is 34.8 Å². The summed E-state index contributed by atoms with van der Waals surface area (Å²) in [6.45, 7) is 0. The molecule has 0 bridgehead atoms. The Balaban J connectivity index is 1.92. The molecule has 0 aliphatic heterocycles. The van der Waals surface area contributed by atoms with Crippen LogP contribution in [0.2, 0.25) is 15.1 Å². The van der Waals surface area contributed by atoms with Crippen molar-refractivity contribution in [2.24, 2.45) is 0 Å². The molecule has 10 heteroatoms. The number of aromatic nitrogens is 1. The molecule has 3 nitrogen and oxygen atoms in total. The number of carbonyl (C=O) groups excluding carboxylic acids is 1. The molecule has 37 heavy (non-hydrogen) atoms. The highest BCUT2D eigenvalue weighted by Crippen LogP contribution is 2.37. The number of nitrogens with zero attached hydrogens (tertiary/aromatic N) is 1. The molecule has 0 aliphatic rings. The van der Waals surface area contributed by atoms with Gasteiger partial charge in [-0.15, -0.1) is 0 Å². The summed E-state index contributed by atoms with van der Waals surface area (Å²) in [6.07, 6.45) is -3.48. The fourth-order valence-electron chi connectivity index (χ4n) is 4.00. The molecule has 4 rings (SSSR count). The van der Waals surface area contributed by atoms with Crippen LogP contribution in [0.4, 0.5) is 17.6 Å². The summed E-state index contributed by atoms with van der Waals surface area (Å²) in [5, 5.41) is 3.72. The first-order valence-corrected chi connectivity index (χ1v) is 11.9. The molecule has 1 heterocycles. The molecule has 0 radical (unpaired) electrons. The monoisotopic (exact) mass is 566 g/mol. The zero-order valence-electron chi connectivity index (χ0n) is 18.8. The van der Waals surface area contributed by atoms with Crippen LogP contribution in [0, 0.1) is 5.82 Å². The third kappa shape index (κ3) is 6.06. The van der Waals surface area contributed by atoms with E-state index < -0.39 is 34.6 Å². The molecule has 1 unspecified atom stereocenters. The number of hydrogen-bond acceptors (Lipinski definition) is 2. The van der Waals surface area contributed by atoms with Gasteiger partial charge in [0.05, 0.1) is 16.3 Å². The summed E-state index contributed by atoms with van der Waals surface area (Å²) >= 11 is 18.7. The summed E-state index contributed by atoms with van der Waals surface area (Å²) in [5.41, 5.74) is -1.88. The van der Waals surface area contributed by atoms with E-state index >= 15 is 0 Å². The Morgan fingerprint density at radius 1 is 0.838 bits per heavy atom. The predicted octanol–water partition coefficient (Wildman–Crippen LogP) is 8.12. The van der Waals surface area contributed by atoms with Crippen LogP contribution in [-0.4, -0.2) is 10.9 Å². The minimum Gasteiger partial charge on any atom is -0.337 e. The average Bonchev–Trinajstić information content (AvgIpc) is 2.83. The molecule has 1 amide bonds. The Labute approximate surface area is 225 Å². The minimum absolute atomic E-state index is 0.123. The maximum absolute atomic E-state index is 13.9. The molecule has 0 saturated carbocycles. The molecule has 1 atom stereocenters. The lowest BCUT2D eigenvalue weighted by atomic mass is 9.80. The van der Waals surface area contributed by atoms with Crippen LogP contribution in [0.5, 0.6) is 0 Å². The first-order valence-electron chi connectivity index (χ1n) is 10.8. The second-order valence-electron chi connectivity index (χ2n) is 8.23. The maximum atomic E-state index is 13.9. The van der Waals surface area contributed by atoms with Gasteiger partial charge in [-0.3, -0.25) is 9.78 Å². The van der Waals surface area contributed by atoms with Gasteiger partial charge in [-0.2, -0.15) is 13.2 Å². The van der Waals surface area contributed by atoms with E-state index in [9.17, 15) is 22.4 Å². The van der Waals surface area contributed by atoms with Gasteiger partial charge in [-0.25, -0.2) is 4.39 Å². The Morgan fingerprint density at radius 3 is 2.11 bits per heavy atom. The third-order valence-electron chi connectivity index (χ3n) is 5.69. The highest BCUT2D eigenvalue weighted by molar-refractivity contribution is 6.34. The molecule has 0 fully saturated rings. The Morgan fingerprint density at radius 2 is 1.51 bits per heavy atom. The van der Waals surface area contributed by atoms with Crippen molar-refractivity contribution in [2.45, 2.75) is 18.1 Å². The molecule has 4 aromatic rings. The Bertz CT molecular complexity index is 1410. The van der Waals surface area contributed by atoms with Gasteiger partial charge in [0.15, 0.2) is 0 Å². The van der Waals surface area contributed by atoms with E-state index in [-0.39, 0.29) is 16.5 Å². The van der Waals surface area contributed by atoms with Crippen LogP contribution < -0.4 is 5.32 Å². The van der Waals surface area contributed by atoms with Gasteiger partial charge < -0.3 is 5.32 Å². The van der Waals surface area contributed by atoms with Gasteiger partial charge in [0.1, 0.15) is 11.4 Å². The number of nitrogens with one attached hydrogen (secondary N) is 1. The number of hydrogen-bond donors (Lipinski definition) is 1. The number of halogens is 7. The van der Waals surface area contributed by atoms with Gasteiger partial charge in [0.25, 0.3) is 5.91 Å². The number of carbonyl (C=O) groups is 1. The maximum Gasteiger partial charge on any atom is 0.419 e. The number of benzene rings is 3. The second kappa shape index (κ2) is 10.7. The first kappa shape index (κ1) is 26.9. The van der Waals surface area contributed by atoms with Crippen LogP contribution in [0.25, 0.3) is 0 Å². The van der Waals surface area contributed by atoms with Crippen molar-refractivity contribution < 1.29 is 22.4 Å². The number of amides is 1. The van der Waals surface area contributed by atoms with Gasteiger partial charge in [-0.1, -0.05) is 65.1 Å². The third-order valence-corrected chi connectivity index (χ3v) is 6.35. The van der Waals surface area contributed by atoms with Crippen molar-refractivity contribution in [3.8, 4) is 0 Å². The first-order chi connectivity index (χ1) is 17.5. The van der Waals surface area contributed by atoms with E-state index in [0.29, 0.717) is 28.4 Å². The van der Waals surface area contributed by atoms with Crippen molar-refractivity contribution in [3.05, 3.63) is 134 Å². The molecule has 0 spiro atoms. The van der Waals surface area contributed by atoms with Crippen molar-refractivity contribution in [2.75, 3.05) is 0 Å². The number of alkyl halides is 3. The molecule has 0 saturated heterocycles. The Hall–Kier alpha value is -3.13. The number of pyridine rings is 1. The average molecular weight is 568 g/mol. The minimum atomic E-state index is -4.99. The molecule has 190 valence electrons. The molecule has 1 N–H and O–H groups in total. The van der Waals surface area contributed by atoms with Crippen LogP contribution in [0.15, 0.2) is 85.1 Å². The summed E-state index contributed by atoms with van der Waals surface area (Å²) in [7, 11) is 0. The SMILES string of the molecule is O=C(NC(Cc1ccccc1)(c1cc(Cl)cc(Cl)c1)c1ccc(Cl)cn1)c1ccc(F)c(C(F)(F)F)c1. The topological polar surface area (TPSA) is 42.0 Å². The second-order valence-corrected chi connectivity index (χ2v) is 9.54. The van der Waals surface area contributed by atoms with E-state index in [2.05, 4.69) is 10.3 Å². The molecular formula is C27H17Cl3F4N2O. The lowest BCUT2D eigenvalue weighted by Gasteiger charge is -2.36. The lowest BCUT2D eigenvalue weighted by molar-refractivity contribution is -0.140. The van der Waals surface area contributed by atoms with E-state index in [1.807, 2.05) is 18.2 Å². The zero-order chi connectivity index (χ0) is 26.8. The standard InChI is InChI=1S/C27H17Cl3F4N2O/c28-19-7-9-24(35-15-19)26(14-16-4-2-1-3-5-16,18-11-20(29)13-21(30)12-18)36-25(37)17-6-8-23(31)22(10-17)27(32,33)34/h1-13,15H,14H2,(H,36,37). The van der Waals surface area contributed by atoms with Crippen molar-refractivity contribution >= 4 is 40.7 Å². The van der Waals surface area contributed by atoms with Crippen LogP contribution in [0.1, 0.15) is 32.7 Å². The molecule has 3 aromatic carbocycles. The highest BCUT2D eigenvalue weighted by atomic mass is 35.5. The summed E-state index contributed by atoms with van der Waals surface area (Å²) < 4.78 is 54.0. The smallest absolute Gasteiger partial charge is 0.337 e. The summed E-state index contributed by atoms with van der Waals surface area (Å²) in [4.78, 5) is 17.9. The van der Waals surface area contributed by atoms with Gasteiger partial charge in [-0.05, 0) is 59.7 Å². The van der Waals surface area contributed by atoms with Crippen LogP contribution >= 0.6 is 34.8 Å². The fraction of sp³-hybridized carbons (Fsp3) is 0.111. The van der Waals surface area contributed by atoms with E-state index in [1.165, 1.54) is 12.3 Å². The van der Waals surface area contributed by atoms with E-state index in [0.717, 1.165) is 11.6 Å². The van der Waals surface area contributed by atoms with E-state index in [1.54, 1.807) is 36.4 Å². The molecule has 1 aromatic heterocycles. The van der Waals surface area contributed by atoms with Gasteiger partial charge in [0.2, 0.25) is 0 Å². The van der Waals surface area contributed by atoms with Crippen molar-refractivity contribution in [3.63, 3.8) is 0 Å². The Kier molecular flexibility index (Phi) is 7.78. The molecular weight excluding hydrogens is 551 g/mol. The van der Waals surface area contributed by atoms with Crippen LogP contribution in [-0.2, 0) is 18.1 Å². The predicted molar refractivity (Wildman–Crippen MR) is 136 cm³/mol. The highest BCUT2D eigenvalue weighted by Gasteiger charge is 2.40. The van der Waals surface area contributed by atoms with Gasteiger partial charge in [0, 0.05) is 28.2 Å².